The SMILES string of the molecule is CC[C@@H](C)NC(=O)[C@@H](CC)N(Cc1ccc(F)cc1)C(=O)COc1ccc(C(C)C)cc1. The Balaban J connectivity index is 2.18. The zero-order chi connectivity index (χ0) is 23.7. The number of carbonyl (C=O) groups is 2. The van der Waals surface area contributed by atoms with Gasteiger partial charge in [-0.15, -0.1) is 0 Å². The normalized spacial score (nSPS) is 12.8. The van der Waals surface area contributed by atoms with Crippen LogP contribution in [0, 0.1) is 5.82 Å². The summed E-state index contributed by atoms with van der Waals surface area (Å²) >= 11 is 0. The molecule has 0 aliphatic rings. The van der Waals surface area contributed by atoms with Crippen LogP contribution in [-0.4, -0.2) is 35.4 Å². The smallest absolute Gasteiger partial charge is 0.261 e. The van der Waals surface area contributed by atoms with Gasteiger partial charge in [-0.05, 0) is 61.1 Å². The van der Waals surface area contributed by atoms with Crippen LogP contribution >= 0.6 is 0 Å². The third-order valence-corrected chi connectivity index (χ3v) is 5.56. The number of rotatable bonds is 11. The van der Waals surface area contributed by atoms with Gasteiger partial charge >= 0.3 is 0 Å². The highest BCUT2D eigenvalue weighted by Gasteiger charge is 2.29. The Morgan fingerprint density at radius 1 is 0.969 bits per heavy atom. The van der Waals surface area contributed by atoms with Crippen molar-refractivity contribution in [3.63, 3.8) is 0 Å². The van der Waals surface area contributed by atoms with Gasteiger partial charge in [0, 0.05) is 12.6 Å². The highest BCUT2D eigenvalue weighted by Crippen LogP contribution is 2.19. The molecule has 2 aromatic rings. The summed E-state index contributed by atoms with van der Waals surface area (Å²) in [5, 5.41) is 2.97. The van der Waals surface area contributed by atoms with E-state index in [2.05, 4.69) is 19.2 Å². The Kier molecular flexibility index (Phi) is 9.69. The summed E-state index contributed by atoms with van der Waals surface area (Å²) in [6.45, 7) is 10.0. The van der Waals surface area contributed by atoms with Gasteiger partial charge in [0.2, 0.25) is 5.91 Å². The van der Waals surface area contributed by atoms with E-state index in [1.807, 2.05) is 45.0 Å². The number of nitrogens with zero attached hydrogens (tertiary/aromatic N) is 1. The summed E-state index contributed by atoms with van der Waals surface area (Å²) in [5.74, 6) is 0.168. The van der Waals surface area contributed by atoms with Gasteiger partial charge in [0.1, 0.15) is 17.6 Å². The minimum Gasteiger partial charge on any atom is -0.484 e. The second kappa shape index (κ2) is 12.2. The number of hydrogen-bond acceptors (Lipinski definition) is 3. The molecule has 2 aromatic carbocycles. The van der Waals surface area contributed by atoms with Gasteiger partial charge in [-0.1, -0.05) is 52.0 Å². The Hall–Kier alpha value is -2.89. The molecular formula is C26H35FN2O3. The van der Waals surface area contributed by atoms with Crippen molar-refractivity contribution >= 4 is 11.8 Å². The molecule has 0 fully saturated rings. The molecule has 0 radical (unpaired) electrons. The van der Waals surface area contributed by atoms with E-state index in [-0.39, 0.29) is 36.8 Å². The van der Waals surface area contributed by atoms with E-state index in [0.29, 0.717) is 18.1 Å². The fourth-order valence-corrected chi connectivity index (χ4v) is 3.32. The van der Waals surface area contributed by atoms with E-state index < -0.39 is 6.04 Å². The van der Waals surface area contributed by atoms with Crippen molar-refractivity contribution in [2.75, 3.05) is 6.61 Å². The van der Waals surface area contributed by atoms with Crippen molar-refractivity contribution in [1.29, 1.82) is 0 Å². The van der Waals surface area contributed by atoms with Crippen molar-refractivity contribution < 1.29 is 18.7 Å². The first-order valence-corrected chi connectivity index (χ1v) is 11.3. The lowest BCUT2D eigenvalue weighted by molar-refractivity contribution is -0.143. The van der Waals surface area contributed by atoms with Crippen molar-refractivity contribution in [3.8, 4) is 5.75 Å². The molecule has 2 amide bonds. The molecule has 0 saturated carbocycles. The van der Waals surface area contributed by atoms with Crippen LogP contribution < -0.4 is 10.1 Å². The first-order valence-electron chi connectivity index (χ1n) is 11.3. The maximum atomic E-state index is 13.3. The molecule has 5 nitrogen and oxygen atoms in total. The Bertz CT molecular complexity index is 866. The van der Waals surface area contributed by atoms with Crippen LogP contribution in [0.2, 0.25) is 0 Å². The predicted octanol–water partition coefficient (Wildman–Crippen LogP) is 5.05. The highest BCUT2D eigenvalue weighted by atomic mass is 19.1. The molecule has 2 atom stereocenters. The van der Waals surface area contributed by atoms with Crippen molar-refractivity contribution in [2.24, 2.45) is 0 Å². The number of nitrogens with one attached hydrogen (secondary N) is 1. The first kappa shape index (κ1) is 25.4. The molecule has 0 saturated heterocycles. The van der Waals surface area contributed by atoms with Crippen molar-refractivity contribution in [3.05, 3.63) is 65.5 Å². The van der Waals surface area contributed by atoms with E-state index in [4.69, 9.17) is 4.74 Å². The van der Waals surface area contributed by atoms with E-state index in [1.54, 1.807) is 12.1 Å². The van der Waals surface area contributed by atoms with Crippen LogP contribution in [0.15, 0.2) is 48.5 Å². The lowest BCUT2D eigenvalue weighted by atomic mass is 10.0. The fourth-order valence-electron chi connectivity index (χ4n) is 3.32. The van der Waals surface area contributed by atoms with Crippen LogP contribution in [0.4, 0.5) is 4.39 Å². The summed E-state index contributed by atoms with van der Waals surface area (Å²) in [5.41, 5.74) is 1.94. The molecular weight excluding hydrogens is 407 g/mol. The molecule has 0 aliphatic heterocycles. The first-order chi connectivity index (χ1) is 15.2. The number of carbonyl (C=O) groups excluding carboxylic acids is 2. The molecule has 32 heavy (non-hydrogen) atoms. The number of benzene rings is 2. The van der Waals surface area contributed by atoms with Gasteiger partial charge in [0.25, 0.3) is 5.91 Å². The summed E-state index contributed by atoms with van der Waals surface area (Å²) in [4.78, 5) is 27.6. The van der Waals surface area contributed by atoms with Crippen molar-refractivity contribution in [2.45, 2.75) is 72.0 Å². The summed E-state index contributed by atoms with van der Waals surface area (Å²) in [6.07, 6.45) is 1.25. The van der Waals surface area contributed by atoms with Gasteiger partial charge < -0.3 is 15.0 Å². The number of ether oxygens (including phenoxy) is 1. The molecule has 0 aliphatic carbocycles. The van der Waals surface area contributed by atoms with E-state index in [1.165, 1.54) is 22.6 Å². The second-order valence-corrected chi connectivity index (χ2v) is 8.40. The molecule has 0 bridgehead atoms. The third kappa shape index (κ3) is 7.36. The quantitative estimate of drug-likeness (QED) is 0.530. The highest BCUT2D eigenvalue weighted by molar-refractivity contribution is 5.88. The maximum Gasteiger partial charge on any atom is 0.261 e. The standard InChI is InChI=1S/C26H35FN2O3/c1-6-19(5)28-26(31)24(7-2)29(16-20-8-12-22(27)13-9-20)25(30)17-32-23-14-10-21(11-15-23)18(3)4/h8-15,18-19,24H,6-7,16-17H2,1-5H3,(H,28,31)/t19-,24-/m1/s1. The number of hydrogen-bond donors (Lipinski definition) is 1. The average molecular weight is 443 g/mol. The molecule has 0 unspecified atom stereocenters. The second-order valence-electron chi connectivity index (χ2n) is 8.40. The molecule has 0 heterocycles. The Morgan fingerprint density at radius 3 is 2.12 bits per heavy atom. The van der Waals surface area contributed by atoms with E-state index in [0.717, 1.165) is 12.0 Å². The maximum absolute atomic E-state index is 13.3. The number of amides is 2. The van der Waals surface area contributed by atoms with Crippen LogP contribution in [0.1, 0.15) is 64.5 Å². The predicted molar refractivity (Wildman–Crippen MR) is 125 cm³/mol. The van der Waals surface area contributed by atoms with Gasteiger partial charge in [0.05, 0.1) is 0 Å². The fraction of sp³-hybridized carbons (Fsp3) is 0.462. The van der Waals surface area contributed by atoms with Gasteiger partial charge in [0.15, 0.2) is 6.61 Å². The topological polar surface area (TPSA) is 58.6 Å². The Morgan fingerprint density at radius 2 is 1.59 bits per heavy atom. The molecule has 0 spiro atoms. The van der Waals surface area contributed by atoms with Gasteiger partial charge in [-0.3, -0.25) is 9.59 Å². The average Bonchev–Trinajstić information content (AvgIpc) is 2.78. The minimum atomic E-state index is -0.645. The third-order valence-electron chi connectivity index (χ3n) is 5.56. The van der Waals surface area contributed by atoms with Gasteiger partial charge in [-0.25, -0.2) is 4.39 Å². The molecule has 2 rings (SSSR count). The molecule has 0 aromatic heterocycles. The van der Waals surface area contributed by atoms with Crippen LogP contribution in [0.3, 0.4) is 0 Å². The van der Waals surface area contributed by atoms with Gasteiger partial charge in [-0.2, -0.15) is 0 Å². The van der Waals surface area contributed by atoms with E-state index >= 15 is 0 Å². The number of halogens is 1. The van der Waals surface area contributed by atoms with Crippen LogP contribution in [0.5, 0.6) is 5.75 Å². The lowest BCUT2D eigenvalue weighted by Gasteiger charge is -2.31. The largest absolute Gasteiger partial charge is 0.484 e. The molecule has 1 N–H and O–H groups in total. The summed E-state index contributed by atoms with van der Waals surface area (Å²) < 4.78 is 19.1. The van der Waals surface area contributed by atoms with Crippen molar-refractivity contribution in [1.82, 2.24) is 10.2 Å². The van der Waals surface area contributed by atoms with Crippen LogP contribution in [0.25, 0.3) is 0 Å². The zero-order valence-electron chi connectivity index (χ0n) is 19.7. The molecule has 6 heteroatoms. The Labute approximate surface area is 191 Å². The van der Waals surface area contributed by atoms with E-state index in [9.17, 15) is 14.0 Å². The monoisotopic (exact) mass is 442 g/mol. The lowest BCUT2D eigenvalue weighted by Crippen LogP contribution is -2.51. The zero-order valence-corrected chi connectivity index (χ0v) is 19.7. The minimum absolute atomic E-state index is 0.00930. The summed E-state index contributed by atoms with van der Waals surface area (Å²) in [6, 6.07) is 13.0. The van der Waals surface area contributed by atoms with Crippen LogP contribution in [-0.2, 0) is 16.1 Å². The molecule has 174 valence electrons. The summed E-state index contributed by atoms with van der Waals surface area (Å²) in [7, 11) is 0.